The maximum absolute atomic E-state index is 5.99. The molecule has 3 heterocycles. The van der Waals surface area contributed by atoms with Crippen molar-refractivity contribution in [1.82, 2.24) is 25.4 Å². The number of aryl methyl sites for hydroxylation is 2. The lowest BCUT2D eigenvalue weighted by Crippen LogP contribution is -1.95. The van der Waals surface area contributed by atoms with Crippen molar-refractivity contribution >= 4 is 5.82 Å². The van der Waals surface area contributed by atoms with E-state index in [-0.39, 0.29) is 0 Å². The maximum Gasteiger partial charge on any atom is 0.153 e. The predicted octanol–water partition coefficient (Wildman–Crippen LogP) is 2.13. The molecule has 0 saturated carbocycles. The van der Waals surface area contributed by atoms with Gasteiger partial charge in [0.25, 0.3) is 0 Å². The van der Waals surface area contributed by atoms with E-state index in [9.17, 15) is 0 Å². The van der Waals surface area contributed by atoms with Gasteiger partial charge in [0.15, 0.2) is 5.82 Å². The van der Waals surface area contributed by atoms with Gasteiger partial charge in [-0.2, -0.15) is 15.3 Å². The van der Waals surface area contributed by atoms with Crippen LogP contribution in [-0.2, 0) is 0 Å². The average Bonchev–Trinajstić information content (AvgIpc) is 2.84. The van der Waals surface area contributed by atoms with Crippen LogP contribution >= 0.6 is 0 Å². The van der Waals surface area contributed by atoms with Crippen LogP contribution < -0.4 is 5.73 Å². The zero-order chi connectivity index (χ0) is 14.1. The largest absolute Gasteiger partial charge is 0.382 e. The lowest BCUT2D eigenvalue weighted by molar-refractivity contribution is 0.940. The van der Waals surface area contributed by atoms with E-state index >= 15 is 0 Å². The molecule has 0 bridgehead atoms. The Balaban J connectivity index is 2.24. The fraction of sp³-hybridized carbons (Fsp3) is 0.143. The highest BCUT2D eigenvalue weighted by molar-refractivity contribution is 5.88. The molecule has 3 aromatic rings. The molecule has 3 rings (SSSR count). The summed E-state index contributed by atoms with van der Waals surface area (Å²) in [5.41, 5.74) is 11.2. The van der Waals surface area contributed by atoms with Crippen LogP contribution in [0.15, 0.2) is 30.6 Å². The van der Waals surface area contributed by atoms with Gasteiger partial charge in [0, 0.05) is 23.5 Å². The number of H-pyrrole nitrogens is 1. The molecule has 0 fully saturated rings. The number of pyridine rings is 1. The van der Waals surface area contributed by atoms with Crippen LogP contribution in [0.5, 0.6) is 0 Å². The Bertz CT molecular complexity index is 748. The lowest BCUT2D eigenvalue weighted by atomic mass is 10.0. The molecule has 0 amide bonds. The minimum Gasteiger partial charge on any atom is -0.382 e. The summed E-state index contributed by atoms with van der Waals surface area (Å²) in [5.74, 6) is 0.446. The highest BCUT2D eigenvalue weighted by Crippen LogP contribution is 2.35. The van der Waals surface area contributed by atoms with Gasteiger partial charge < -0.3 is 5.73 Å². The summed E-state index contributed by atoms with van der Waals surface area (Å²) in [5, 5.41) is 15.3. The van der Waals surface area contributed by atoms with Crippen LogP contribution in [0.25, 0.3) is 22.4 Å². The fourth-order valence-corrected chi connectivity index (χ4v) is 2.16. The van der Waals surface area contributed by atoms with Gasteiger partial charge in [-0.25, -0.2) is 0 Å². The summed E-state index contributed by atoms with van der Waals surface area (Å²) in [6, 6.07) is 5.79. The topological polar surface area (TPSA) is 93.4 Å². The maximum atomic E-state index is 5.99. The van der Waals surface area contributed by atoms with Crippen molar-refractivity contribution in [3.05, 3.63) is 42.0 Å². The SMILES string of the molecule is Cc1cc(-c2[nH]nc(N)c2-c2cccnc2)c(C)nn1. The molecule has 3 N–H and O–H groups in total. The quantitative estimate of drug-likeness (QED) is 0.741. The normalized spacial score (nSPS) is 10.7. The van der Waals surface area contributed by atoms with Crippen molar-refractivity contribution in [2.75, 3.05) is 5.73 Å². The van der Waals surface area contributed by atoms with E-state index in [4.69, 9.17) is 5.73 Å². The van der Waals surface area contributed by atoms with Crippen LogP contribution in [-0.4, -0.2) is 25.4 Å². The van der Waals surface area contributed by atoms with E-state index in [1.807, 2.05) is 32.0 Å². The Morgan fingerprint density at radius 3 is 2.80 bits per heavy atom. The van der Waals surface area contributed by atoms with Gasteiger partial charge in [0.2, 0.25) is 0 Å². The number of hydrogen-bond acceptors (Lipinski definition) is 5. The predicted molar refractivity (Wildman–Crippen MR) is 76.7 cm³/mol. The van der Waals surface area contributed by atoms with E-state index in [1.54, 1.807) is 12.4 Å². The summed E-state index contributed by atoms with van der Waals surface area (Å²) in [6.45, 7) is 3.81. The first kappa shape index (κ1) is 12.3. The number of anilines is 1. The highest BCUT2D eigenvalue weighted by atomic mass is 15.2. The number of hydrogen-bond donors (Lipinski definition) is 2. The molecule has 0 aliphatic rings. The second kappa shape index (κ2) is 4.73. The molecule has 0 radical (unpaired) electrons. The smallest absolute Gasteiger partial charge is 0.153 e. The Morgan fingerprint density at radius 1 is 1.20 bits per heavy atom. The molecule has 0 aliphatic heterocycles. The van der Waals surface area contributed by atoms with Crippen molar-refractivity contribution in [3.8, 4) is 22.4 Å². The van der Waals surface area contributed by atoms with E-state index < -0.39 is 0 Å². The minimum atomic E-state index is 0.446. The molecule has 6 nitrogen and oxygen atoms in total. The van der Waals surface area contributed by atoms with Crippen LogP contribution in [0, 0.1) is 13.8 Å². The second-order valence-electron chi connectivity index (χ2n) is 4.59. The Kier molecular flexibility index (Phi) is 2.90. The minimum absolute atomic E-state index is 0.446. The first-order valence-corrected chi connectivity index (χ1v) is 6.22. The highest BCUT2D eigenvalue weighted by Gasteiger charge is 2.17. The average molecular weight is 266 g/mol. The van der Waals surface area contributed by atoms with Crippen LogP contribution in [0.3, 0.4) is 0 Å². The number of aromatic amines is 1. The number of aromatic nitrogens is 5. The second-order valence-corrected chi connectivity index (χ2v) is 4.59. The Morgan fingerprint density at radius 2 is 2.05 bits per heavy atom. The van der Waals surface area contributed by atoms with Gasteiger partial charge in [-0.15, -0.1) is 0 Å². The standard InChI is InChI=1S/C14H14N6/c1-8-6-11(9(2)18-17-8)13-12(14(15)20-19-13)10-4-3-5-16-7-10/h3-7H,1-2H3,(H3,15,19,20). The van der Waals surface area contributed by atoms with Crippen molar-refractivity contribution in [2.45, 2.75) is 13.8 Å². The van der Waals surface area contributed by atoms with E-state index in [1.165, 1.54) is 0 Å². The monoisotopic (exact) mass is 266 g/mol. The molecular weight excluding hydrogens is 252 g/mol. The van der Waals surface area contributed by atoms with Crippen LogP contribution in [0.2, 0.25) is 0 Å². The molecule has 0 atom stereocenters. The number of rotatable bonds is 2. The summed E-state index contributed by atoms with van der Waals surface area (Å²) >= 11 is 0. The molecular formula is C14H14N6. The third-order valence-corrected chi connectivity index (χ3v) is 3.11. The Labute approximate surface area is 116 Å². The van der Waals surface area contributed by atoms with Gasteiger partial charge in [-0.1, -0.05) is 6.07 Å². The van der Waals surface area contributed by atoms with Gasteiger partial charge in [0.05, 0.1) is 22.6 Å². The zero-order valence-electron chi connectivity index (χ0n) is 11.3. The summed E-state index contributed by atoms with van der Waals surface area (Å²) < 4.78 is 0. The number of nitrogen functional groups attached to an aromatic ring is 1. The fourth-order valence-electron chi connectivity index (χ4n) is 2.16. The molecule has 3 aromatic heterocycles. The lowest BCUT2D eigenvalue weighted by Gasteiger charge is -2.07. The molecule has 0 aromatic carbocycles. The number of nitrogens with one attached hydrogen (secondary N) is 1. The van der Waals surface area contributed by atoms with Crippen LogP contribution in [0.4, 0.5) is 5.82 Å². The third kappa shape index (κ3) is 2.01. The van der Waals surface area contributed by atoms with Gasteiger partial charge in [-0.3, -0.25) is 10.1 Å². The van der Waals surface area contributed by atoms with E-state index in [0.29, 0.717) is 5.82 Å². The third-order valence-electron chi connectivity index (χ3n) is 3.11. The van der Waals surface area contributed by atoms with Gasteiger partial charge in [-0.05, 0) is 26.0 Å². The van der Waals surface area contributed by atoms with Crippen molar-refractivity contribution in [1.29, 1.82) is 0 Å². The molecule has 20 heavy (non-hydrogen) atoms. The number of nitrogens with two attached hydrogens (primary N) is 1. The van der Waals surface area contributed by atoms with Crippen molar-refractivity contribution in [2.24, 2.45) is 0 Å². The number of nitrogens with zero attached hydrogens (tertiary/aromatic N) is 4. The summed E-state index contributed by atoms with van der Waals surface area (Å²) in [7, 11) is 0. The molecule has 0 spiro atoms. The first-order chi connectivity index (χ1) is 9.66. The van der Waals surface area contributed by atoms with Crippen LogP contribution in [0.1, 0.15) is 11.4 Å². The van der Waals surface area contributed by atoms with Crippen molar-refractivity contribution < 1.29 is 0 Å². The molecule has 0 aliphatic carbocycles. The van der Waals surface area contributed by atoms with Gasteiger partial charge >= 0.3 is 0 Å². The summed E-state index contributed by atoms with van der Waals surface area (Å²) in [6.07, 6.45) is 3.49. The van der Waals surface area contributed by atoms with Gasteiger partial charge in [0.1, 0.15) is 0 Å². The van der Waals surface area contributed by atoms with E-state index in [0.717, 1.165) is 33.8 Å². The zero-order valence-corrected chi connectivity index (χ0v) is 11.3. The first-order valence-electron chi connectivity index (χ1n) is 6.22. The molecule has 100 valence electrons. The Hall–Kier alpha value is -2.76. The summed E-state index contributed by atoms with van der Waals surface area (Å²) in [4.78, 5) is 4.13. The molecule has 0 saturated heterocycles. The van der Waals surface area contributed by atoms with E-state index in [2.05, 4.69) is 25.4 Å². The van der Waals surface area contributed by atoms with Crippen molar-refractivity contribution in [3.63, 3.8) is 0 Å². The molecule has 0 unspecified atom stereocenters. The molecule has 6 heteroatoms.